The number of aromatic nitrogens is 1. The Hall–Kier alpha value is -1.85. The Morgan fingerprint density at radius 2 is 2.05 bits per heavy atom. The molecular formula is C13H19N3O3. The van der Waals surface area contributed by atoms with E-state index >= 15 is 0 Å². The molecule has 6 heteroatoms. The van der Waals surface area contributed by atoms with Crippen LogP contribution >= 0.6 is 0 Å². The zero-order valence-corrected chi connectivity index (χ0v) is 11.5. The molecule has 0 aromatic carbocycles. The lowest BCUT2D eigenvalue weighted by atomic mass is 10.1. The lowest BCUT2D eigenvalue weighted by molar-refractivity contribution is -0.130. The molecule has 19 heavy (non-hydrogen) atoms. The second kappa shape index (κ2) is 5.42. The van der Waals surface area contributed by atoms with E-state index in [0.717, 1.165) is 0 Å². The molecule has 0 spiro atoms. The second-order valence-corrected chi connectivity index (χ2v) is 4.99. The Balaban J connectivity index is 2.02. The van der Waals surface area contributed by atoms with Crippen LogP contribution in [0.25, 0.3) is 0 Å². The van der Waals surface area contributed by atoms with Gasteiger partial charge in [0.05, 0.1) is 6.67 Å². The second-order valence-electron chi connectivity index (χ2n) is 4.99. The van der Waals surface area contributed by atoms with Gasteiger partial charge in [-0.15, -0.1) is 0 Å². The summed E-state index contributed by atoms with van der Waals surface area (Å²) in [5.41, 5.74) is 0.314. The molecule has 1 fully saturated rings. The Morgan fingerprint density at radius 3 is 2.63 bits per heavy atom. The molecule has 1 aromatic heterocycles. The first-order valence-electron chi connectivity index (χ1n) is 6.56. The molecule has 0 unspecified atom stereocenters. The largest absolute Gasteiger partial charge is 0.360 e. The highest BCUT2D eigenvalue weighted by atomic mass is 16.5. The SMILES string of the molecule is CCC(=O)N1CCN(C(=O)c2cc(C(C)C)on2)C1. The summed E-state index contributed by atoms with van der Waals surface area (Å²) in [5.74, 6) is 0.787. The van der Waals surface area contributed by atoms with Crippen LogP contribution in [0.4, 0.5) is 0 Å². The number of hydrogen-bond acceptors (Lipinski definition) is 4. The summed E-state index contributed by atoms with van der Waals surface area (Å²) in [4.78, 5) is 27.1. The molecule has 0 N–H and O–H groups in total. The Bertz CT molecular complexity index is 481. The quantitative estimate of drug-likeness (QED) is 0.829. The van der Waals surface area contributed by atoms with E-state index < -0.39 is 0 Å². The summed E-state index contributed by atoms with van der Waals surface area (Å²) in [6.45, 7) is 7.26. The van der Waals surface area contributed by atoms with E-state index in [4.69, 9.17) is 4.52 Å². The predicted octanol–water partition coefficient (Wildman–Crippen LogP) is 1.45. The van der Waals surface area contributed by atoms with Crippen molar-refractivity contribution in [3.8, 4) is 0 Å². The van der Waals surface area contributed by atoms with E-state index in [1.54, 1.807) is 15.9 Å². The van der Waals surface area contributed by atoms with Crippen LogP contribution in [0, 0.1) is 0 Å². The zero-order valence-electron chi connectivity index (χ0n) is 11.5. The van der Waals surface area contributed by atoms with Gasteiger partial charge in [-0.1, -0.05) is 25.9 Å². The molecule has 0 atom stereocenters. The van der Waals surface area contributed by atoms with Gasteiger partial charge < -0.3 is 14.3 Å². The van der Waals surface area contributed by atoms with Gasteiger partial charge in [0.2, 0.25) is 5.91 Å². The first kappa shape index (κ1) is 13.6. The fraction of sp³-hybridized carbons (Fsp3) is 0.615. The van der Waals surface area contributed by atoms with Crippen molar-refractivity contribution in [2.24, 2.45) is 0 Å². The van der Waals surface area contributed by atoms with E-state index in [1.165, 1.54) is 0 Å². The maximum Gasteiger partial charge on any atom is 0.277 e. The monoisotopic (exact) mass is 265 g/mol. The average molecular weight is 265 g/mol. The van der Waals surface area contributed by atoms with E-state index in [9.17, 15) is 9.59 Å². The van der Waals surface area contributed by atoms with Gasteiger partial charge in [-0.25, -0.2) is 0 Å². The number of hydrogen-bond donors (Lipinski definition) is 0. The molecule has 1 saturated heterocycles. The highest BCUT2D eigenvalue weighted by Gasteiger charge is 2.29. The minimum Gasteiger partial charge on any atom is -0.360 e. The number of carbonyl (C=O) groups excluding carboxylic acids is 2. The third-order valence-corrected chi connectivity index (χ3v) is 3.24. The first-order valence-corrected chi connectivity index (χ1v) is 6.56. The van der Waals surface area contributed by atoms with E-state index in [0.29, 0.717) is 37.6 Å². The van der Waals surface area contributed by atoms with E-state index in [1.807, 2.05) is 20.8 Å². The summed E-state index contributed by atoms with van der Waals surface area (Å²) in [6.07, 6.45) is 0.462. The van der Waals surface area contributed by atoms with Gasteiger partial charge in [-0.3, -0.25) is 9.59 Å². The lowest BCUT2D eigenvalue weighted by Gasteiger charge is -2.16. The molecule has 2 heterocycles. The molecule has 0 radical (unpaired) electrons. The average Bonchev–Trinajstić information content (AvgIpc) is 3.05. The van der Waals surface area contributed by atoms with Crippen LogP contribution in [0.1, 0.15) is 49.4 Å². The van der Waals surface area contributed by atoms with Gasteiger partial charge in [-0.2, -0.15) is 0 Å². The maximum atomic E-state index is 12.2. The standard InChI is InChI=1S/C13H19N3O3/c1-4-12(17)15-5-6-16(8-15)13(18)10-7-11(9(2)3)19-14-10/h7,9H,4-6,8H2,1-3H3. The molecule has 0 bridgehead atoms. The van der Waals surface area contributed by atoms with Crippen molar-refractivity contribution < 1.29 is 14.1 Å². The van der Waals surface area contributed by atoms with Crippen molar-refractivity contribution >= 4 is 11.8 Å². The van der Waals surface area contributed by atoms with Crippen molar-refractivity contribution in [2.75, 3.05) is 19.8 Å². The number of rotatable bonds is 3. The van der Waals surface area contributed by atoms with Gasteiger partial charge in [0.15, 0.2) is 5.69 Å². The number of nitrogens with zero attached hydrogens (tertiary/aromatic N) is 3. The molecule has 6 nitrogen and oxygen atoms in total. The Kier molecular flexibility index (Phi) is 3.87. The number of carbonyl (C=O) groups is 2. The van der Waals surface area contributed by atoms with Crippen LogP contribution in [-0.2, 0) is 4.79 Å². The number of amides is 2. The molecule has 2 amide bonds. The van der Waals surface area contributed by atoms with Gasteiger partial charge in [-0.05, 0) is 0 Å². The molecule has 2 rings (SSSR count). The summed E-state index contributed by atoms with van der Waals surface area (Å²) < 4.78 is 5.12. The summed E-state index contributed by atoms with van der Waals surface area (Å²) >= 11 is 0. The van der Waals surface area contributed by atoms with Crippen molar-refractivity contribution in [1.29, 1.82) is 0 Å². The molecule has 104 valence electrons. The van der Waals surface area contributed by atoms with Crippen LogP contribution < -0.4 is 0 Å². The molecule has 1 aromatic rings. The van der Waals surface area contributed by atoms with E-state index in [-0.39, 0.29) is 17.7 Å². The third kappa shape index (κ3) is 2.77. The maximum absolute atomic E-state index is 12.2. The molecule has 1 aliphatic rings. The Labute approximate surface area is 112 Å². The normalized spacial score (nSPS) is 15.4. The van der Waals surface area contributed by atoms with Crippen LogP contribution in [0.2, 0.25) is 0 Å². The zero-order chi connectivity index (χ0) is 14.0. The van der Waals surface area contributed by atoms with Crippen LogP contribution in [0.3, 0.4) is 0 Å². The van der Waals surface area contributed by atoms with E-state index in [2.05, 4.69) is 5.16 Å². The van der Waals surface area contributed by atoms with Crippen molar-refractivity contribution in [1.82, 2.24) is 15.0 Å². The smallest absolute Gasteiger partial charge is 0.277 e. The van der Waals surface area contributed by atoms with Crippen molar-refractivity contribution in [3.05, 3.63) is 17.5 Å². The van der Waals surface area contributed by atoms with Crippen molar-refractivity contribution in [3.63, 3.8) is 0 Å². The summed E-state index contributed by atoms with van der Waals surface area (Å²) in [7, 11) is 0. The molecule has 0 saturated carbocycles. The lowest BCUT2D eigenvalue weighted by Crippen LogP contribution is -2.33. The Morgan fingerprint density at radius 1 is 1.37 bits per heavy atom. The molecule has 0 aliphatic carbocycles. The third-order valence-electron chi connectivity index (χ3n) is 3.24. The first-order chi connectivity index (χ1) is 9.02. The minimum absolute atomic E-state index is 0.0679. The van der Waals surface area contributed by atoms with Crippen LogP contribution in [0.15, 0.2) is 10.6 Å². The highest BCUT2D eigenvalue weighted by molar-refractivity contribution is 5.92. The summed E-state index contributed by atoms with van der Waals surface area (Å²) in [5, 5.41) is 3.80. The van der Waals surface area contributed by atoms with Gasteiger partial charge in [0.1, 0.15) is 5.76 Å². The van der Waals surface area contributed by atoms with Gasteiger partial charge >= 0.3 is 0 Å². The molecular weight excluding hydrogens is 246 g/mol. The summed E-state index contributed by atoms with van der Waals surface area (Å²) in [6, 6.07) is 1.68. The molecule has 1 aliphatic heterocycles. The highest BCUT2D eigenvalue weighted by Crippen LogP contribution is 2.17. The fourth-order valence-corrected chi connectivity index (χ4v) is 2.01. The van der Waals surface area contributed by atoms with Gasteiger partial charge in [0, 0.05) is 31.5 Å². The van der Waals surface area contributed by atoms with Gasteiger partial charge in [0.25, 0.3) is 5.91 Å². The predicted molar refractivity (Wildman–Crippen MR) is 68.5 cm³/mol. The van der Waals surface area contributed by atoms with Crippen molar-refractivity contribution in [2.45, 2.75) is 33.1 Å². The minimum atomic E-state index is -0.179. The fourth-order valence-electron chi connectivity index (χ4n) is 2.01. The van der Waals surface area contributed by atoms with Crippen LogP contribution in [-0.4, -0.2) is 46.5 Å². The van der Waals surface area contributed by atoms with Crippen LogP contribution in [0.5, 0.6) is 0 Å². The topological polar surface area (TPSA) is 66.7 Å².